The first kappa shape index (κ1) is 14.5. The van der Waals surface area contributed by atoms with E-state index in [1.165, 1.54) is 6.92 Å². The van der Waals surface area contributed by atoms with Gasteiger partial charge in [0.25, 0.3) is 0 Å². The van der Waals surface area contributed by atoms with E-state index in [1.807, 2.05) is 25.1 Å². The lowest BCUT2D eigenvalue weighted by atomic mass is 10.2. The van der Waals surface area contributed by atoms with Crippen molar-refractivity contribution < 1.29 is 17.1 Å². The number of aromatic nitrogens is 2. The largest absolute Gasteiger partial charge is 0.376 e. The van der Waals surface area contributed by atoms with Crippen molar-refractivity contribution in [2.45, 2.75) is 25.7 Å². The molecular formula is C15H14N2O4S. The van der Waals surface area contributed by atoms with E-state index >= 15 is 0 Å². The van der Waals surface area contributed by atoms with Gasteiger partial charge in [-0.1, -0.05) is 23.4 Å². The molecule has 6 nitrogen and oxygen atoms in total. The molecule has 22 heavy (non-hydrogen) atoms. The van der Waals surface area contributed by atoms with Gasteiger partial charge < -0.3 is 8.71 Å². The van der Waals surface area contributed by atoms with Crippen molar-refractivity contribution in [3.05, 3.63) is 47.5 Å². The molecule has 3 aromatic rings. The summed E-state index contributed by atoms with van der Waals surface area (Å²) in [6.45, 7) is 4.92. The molecule has 3 rings (SSSR count). The van der Waals surface area contributed by atoms with E-state index < -0.39 is 10.1 Å². The number of benzene rings is 1. The molecule has 0 N–H and O–H groups in total. The van der Waals surface area contributed by atoms with E-state index in [1.54, 1.807) is 19.1 Å². The molecule has 0 aliphatic carbocycles. The second kappa shape index (κ2) is 5.10. The highest BCUT2D eigenvalue weighted by atomic mass is 32.2. The topological polar surface area (TPSA) is 82.3 Å². The molecule has 0 bridgehead atoms. The van der Waals surface area contributed by atoms with Gasteiger partial charge in [-0.15, -0.1) is 0 Å². The fraction of sp³-hybridized carbons (Fsp3) is 0.200. The number of aryl methyl sites for hydroxylation is 3. The maximum atomic E-state index is 12.5. The Morgan fingerprint density at radius 3 is 2.55 bits per heavy atom. The van der Waals surface area contributed by atoms with E-state index in [2.05, 4.69) is 10.1 Å². The van der Waals surface area contributed by atoms with Gasteiger partial charge in [0.2, 0.25) is 0 Å². The standard InChI is InChI=1S/C15H14N2O4S/c1-9-7-8-12-5-4-6-13(14(12)16-9)21-22(18,19)15-10(2)17-20-11(15)3/h4-8H,1-3H3. The van der Waals surface area contributed by atoms with Crippen LogP contribution in [-0.4, -0.2) is 18.6 Å². The highest BCUT2D eigenvalue weighted by Crippen LogP contribution is 2.29. The van der Waals surface area contributed by atoms with Crippen LogP contribution < -0.4 is 4.18 Å². The van der Waals surface area contributed by atoms with Crippen LogP contribution >= 0.6 is 0 Å². The van der Waals surface area contributed by atoms with E-state index in [0.29, 0.717) is 5.52 Å². The van der Waals surface area contributed by atoms with Gasteiger partial charge in [0.1, 0.15) is 11.2 Å². The Hall–Kier alpha value is -2.41. The van der Waals surface area contributed by atoms with Crippen LogP contribution in [0.15, 0.2) is 39.8 Å². The van der Waals surface area contributed by atoms with Gasteiger partial charge in [0, 0.05) is 11.1 Å². The maximum absolute atomic E-state index is 12.5. The first-order valence-corrected chi connectivity index (χ1v) is 8.03. The first-order valence-electron chi connectivity index (χ1n) is 6.62. The molecule has 0 aliphatic rings. The van der Waals surface area contributed by atoms with Crippen molar-refractivity contribution in [3.8, 4) is 5.75 Å². The molecule has 0 aliphatic heterocycles. The SMILES string of the molecule is Cc1ccc2cccc(OS(=O)(=O)c3c(C)noc3C)c2n1. The lowest BCUT2D eigenvalue weighted by Crippen LogP contribution is -2.12. The Balaban J connectivity index is 2.12. The predicted molar refractivity (Wildman–Crippen MR) is 80.3 cm³/mol. The summed E-state index contributed by atoms with van der Waals surface area (Å²) in [4.78, 5) is 4.31. The van der Waals surface area contributed by atoms with E-state index in [0.717, 1.165) is 11.1 Å². The van der Waals surface area contributed by atoms with Crippen LogP contribution in [0, 0.1) is 20.8 Å². The minimum absolute atomic E-state index is 0.0443. The number of hydrogen-bond acceptors (Lipinski definition) is 6. The van der Waals surface area contributed by atoms with Gasteiger partial charge in [0.15, 0.2) is 16.4 Å². The highest BCUT2D eigenvalue weighted by molar-refractivity contribution is 7.87. The van der Waals surface area contributed by atoms with Crippen molar-refractivity contribution in [2.24, 2.45) is 0 Å². The zero-order valence-electron chi connectivity index (χ0n) is 12.3. The number of nitrogens with zero attached hydrogens (tertiary/aromatic N) is 2. The molecule has 0 amide bonds. The minimum Gasteiger partial charge on any atom is -0.376 e. The molecule has 114 valence electrons. The molecule has 0 saturated carbocycles. The van der Waals surface area contributed by atoms with Crippen LogP contribution in [0.4, 0.5) is 0 Å². The Labute approximate surface area is 127 Å². The third-order valence-electron chi connectivity index (χ3n) is 3.24. The number of fused-ring (bicyclic) bond motifs is 1. The fourth-order valence-corrected chi connectivity index (χ4v) is 3.52. The maximum Gasteiger partial charge on any atom is 0.344 e. The second-order valence-corrected chi connectivity index (χ2v) is 6.45. The smallest absolute Gasteiger partial charge is 0.344 e. The van der Waals surface area contributed by atoms with E-state index in [-0.39, 0.29) is 22.1 Å². The summed E-state index contributed by atoms with van der Waals surface area (Å²) in [5.74, 6) is 0.378. The quantitative estimate of drug-likeness (QED) is 0.691. The van der Waals surface area contributed by atoms with Crippen molar-refractivity contribution >= 4 is 21.0 Å². The van der Waals surface area contributed by atoms with Gasteiger partial charge in [-0.25, -0.2) is 4.98 Å². The van der Waals surface area contributed by atoms with Gasteiger partial charge in [-0.05, 0) is 32.9 Å². The van der Waals surface area contributed by atoms with E-state index in [4.69, 9.17) is 8.71 Å². The molecule has 2 aromatic heterocycles. The van der Waals surface area contributed by atoms with Gasteiger partial charge in [-0.3, -0.25) is 0 Å². The molecule has 0 fully saturated rings. The predicted octanol–water partition coefficient (Wildman–Crippen LogP) is 2.92. The van der Waals surface area contributed by atoms with Crippen molar-refractivity contribution in [1.82, 2.24) is 10.1 Å². The van der Waals surface area contributed by atoms with Crippen LogP contribution in [0.3, 0.4) is 0 Å². The van der Waals surface area contributed by atoms with Crippen LogP contribution in [0.25, 0.3) is 10.9 Å². The summed E-state index contributed by atoms with van der Waals surface area (Å²) in [7, 11) is -4.03. The third kappa shape index (κ3) is 2.43. The van der Waals surface area contributed by atoms with Gasteiger partial charge in [-0.2, -0.15) is 8.42 Å². The average Bonchev–Trinajstić information content (AvgIpc) is 2.79. The van der Waals surface area contributed by atoms with Crippen LogP contribution in [-0.2, 0) is 10.1 Å². The Morgan fingerprint density at radius 2 is 1.86 bits per heavy atom. The normalized spacial score (nSPS) is 11.8. The van der Waals surface area contributed by atoms with Gasteiger partial charge in [0.05, 0.1) is 0 Å². The molecule has 0 radical (unpaired) electrons. The zero-order valence-corrected chi connectivity index (χ0v) is 13.1. The summed E-state index contributed by atoms with van der Waals surface area (Å²) < 4.78 is 35.2. The molecule has 0 atom stereocenters. The van der Waals surface area contributed by atoms with Crippen LogP contribution in [0.1, 0.15) is 17.1 Å². The molecule has 2 heterocycles. The Morgan fingerprint density at radius 1 is 1.09 bits per heavy atom. The van der Waals surface area contributed by atoms with Crippen LogP contribution in [0.5, 0.6) is 5.75 Å². The van der Waals surface area contributed by atoms with E-state index in [9.17, 15) is 8.42 Å². The fourth-order valence-electron chi connectivity index (χ4n) is 2.28. The zero-order chi connectivity index (χ0) is 15.9. The highest BCUT2D eigenvalue weighted by Gasteiger charge is 2.27. The molecule has 0 saturated heterocycles. The molecule has 0 spiro atoms. The average molecular weight is 318 g/mol. The number of rotatable bonds is 3. The van der Waals surface area contributed by atoms with Crippen molar-refractivity contribution in [2.75, 3.05) is 0 Å². The summed E-state index contributed by atoms with van der Waals surface area (Å²) in [5, 5.41) is 4.45. The summed E-state index contributed by atoms with van der Waals surface area (Å²) >= 11 is 0. The molecule has 0 unspecified atom stereocenters. The van der Waals surface area contributed by atoms with Gasteiger partial charge >= 0.3 is 10.1 Å². The monoisotopic (exact) mass is 318 g/mol. The Bertz CT molecular complexity index is 941. The van der Waals surface area contributed by atoms with Crippen molar-refractivity contribution in [3.63, 3.8) is 0 Å². The molecular weight excluding hydrogens is 304 g/mol. The molecule has 7 heteroatoms. The summed E-state index contributed by atoms with van der Waals surface area (Å²) in [6.07, 6.45) is 0. The summed E-state index contributed by atoms with van der Waals surface area (Å²) in [5.41, 5.74) is 1.54. The third-order valence-corrected chi connectivity index (χ3v) is 4.72. The minimum atomic E-state index is -4.03. The number of hydrogen-bond donors (Lipinski definition) is 0. The summed E-state index contributed by atoms with van der Waals surface area (Å²) in [6, 6.07) is 8.86. The lowest BCUT2D eigenvalue weighted by Gasteiger charge is -2.09. The lowest BCUT2D eigenvalue weighted by molar-refractivity contribution is 0.390. The van der Waals surface area contributed by atoms with Crippen LogP contribution in [0.2, 0.25) is 0 Å². The molecule has 1 aromatic carbocycles. The first-order chi connectivity index (χ1) is 10.4. The number of pyridine rings is 1. The Kier molecular flexibility index (Phi) is 3.37. The number of para-hydroxylation sites is 1. The second-order valence-electron chi connectivity index (χ2n) is 4.97. The van der Waals surface area contributed by atoms with Crippen molar-refractivity contribution in [1.29, 1.82) is 0 Å².